The summed E-state index contributed by atoms with van der Waals surface area (Å²) in [6.07, 6.45) is 5.80. The Morgan fingerprint density at radius 1 is 1.29 bits per heavy atom. The zero-order chi connectivity index (χ0) is 15.2. The molecular formula is C17H21N3O. The van der Waals surface area contributed by atoms with E-state index in [1.165, 1.54) is 17.3 Å². The van der Waals surface area contributed by atoms with Gasteiger partial charge in [0.25, 0.3) is 5.91 Å². The van der Waals surface area contributed by atoms with Crippen molar-refractivity contribution in [3.05, 3.63) is 41.1 Å². The topological polar surface area (TPSA) is 64.9 Å². The molecule has 0 atom stereocenters. The van der Waals surface area contributed by atoms with Crippen molar-refractivity contribution in [2.75, 3.05) is 5.32 Å². The second kappa shape index (κ2) is 6.94. The van der Waals surface area contributed by atoms with Crippen molar-refractivity contribution < 1.29 is 4.79 Å². The predicted octanol–water partition coefficient (Wildman–Crippen LogP) is 3.18. The standard InChI is InChI=1S/C17H21N3O/c1-12-7-8-16(9-13(12)2)19-11-14(10-18)17(21)20-15-5-3-4-6-15/h7-9,11,15,19H,3-6H2,1-2H3,(H,20,21)/b14-11-. The Morgan fingerprint density at radius 2 is 2.00 bits per heavy atom. The highest BCUT2D eigenvalue weighted by atomic mass is 16.1. The van der Waals surface area contributed by atoms with Crippen LogP contribution in [0.15, 0.2) is 30.0 Å². The fraction of sp³-hybridized carbons (Fsp3) is 0.412. The second-order valence-electron chi connectivity index (χ2n) is 5.57. The van der Waals surface area contributed by atoms with Crippen molar-refractivity contribution in [2.24, 2.45) is 0 Å². The van der Waals surface area contributed by atoms with E-state index in [9.17, 15) is 4.79 Å². The number of anilines is 1. The summed E-state index contributed by atoms with van der Waals surface area (Å²) in [5.74, 6) is -0.291. The van der Waals surface area contributed by atoms with Gasteiger partial charge in [-0.3, -0.25) is 4.79 Å². The lowest BCUT2D eigenvalue weighted by Crippen LogP contribution is -2.33. The van der Waals surface area contributed by atoms with Crippen LogP contribution in [0.1, 0.15) is 36.8 Å². The molecule has 1 aliphatic rings. The van der Waals surface area contributed by atoms with E-state index in [4.69, 9.17) is 5.26 Å². The number of benzene rings is 1. The third-order valence-electron chi connectivity index (χ3n) is 3.95. The molecule has 0 unspecified atom stereocenters. The fourth-order valence-electron chi connectivity index (χ4n) is 2.47. The van der Waals surface area contributed by atoms with Crippen molar-refractivity contribution in [3.8, 4) is 6.07 Å². The number of nitrogens with one attached hydrogen (secondary N) is 2. The molecule has 1 aliphatic carbocycles. The summed E-state index contributed by atoms with van der Waals surface area (Å²) in [5.41, 5.74) is 3.37. The Labute approximate surface area is 125 Å². The van der Waals surface area contributed by atoms with Gasteiger partial charge in [0.15, 0.2) is 0 Å². The Balaban J connectivity index is 2.00. The molecule has 4 nitrogen and oxygen atoms in total. The van der Waals surface area contributed by atoms with Crippen LogP contribution in [0.5, 0.6) is 0 Å². The predicted molar refractivity (Wildman–Crippen MR) is 83.6 cm³/mol. The van der Waals surface area contributed by atoms with E-state index >= 15 is 0 Å². The van der Waals surface area contributed by atoms with Crippen molar-refractivity contribution >= 4 is 11.6 Å². The summed E-state index contributed by atoms with van der Waals surface area (Å²) in [5, 5.41) is 15.1. The van der Waals surface area contributed by atoms with E-state index in [2.05, 4.69) is 10.6 Å². The summed E-state index contributed by atoms with van der Waals surface area (Å²) in [4.78, 5) is 12.0. The maximum Gasteiger partial charge on any atom is 0.263 e. The number of carbonyl (C=O) groups is 1. The van der Waals surface area contributed by atoms with Crippen LogP contribution in [0.3, 0.4) is 0 Å². The van der Waals surface area contributed by atoms with Crippen LogP contribution in [-0.2, 0) is 4.79 Å². The SMILES string of the molecule is Cc1ccc(N/C=C(/C#N)C(=O)NC2CCCC2)cc1C. The lowest BCUT2D eigenvalue weighted by atomic mass is 10.1. The summed E-state index contributed by atoms with van der Waals surface area (Å²) < 4.78 is 0. The summed E-state index contributed by atoms with van der Waals surface area (Å²) in [6, 6.07) is 8.12. The quantitative estimate of drug-likeness (QED) is 0.659. The maximum atomic E-state index is 12.0. The van der Waals surface area contributed by atoms with Gasteiger partial charge in [-0.25, -0.2) is 0 Å². The minimum Gasteiger partial charge on any atom is -0.360 e. The van der Waals surface area contributed by atoms with Crippen LogP contribution in [0.2, 0.25) is 0 Å². The lowest BCUT2D eigenvalue weighted by Gasteiger charge is -2.11. The number of rotatable bonds is 4. The molecule has 2 rings (SSSR count). The molecule has 110 valence electrons. The molecule has 1 saturated carbocycles. The molecule has 4 heteroatoms. The number of hydrogen-bond acceptors (Lipinski definition) is 3. The first-order valence-corrected chi connectivity index (χ1v) is 7.35. The fourth-order valence-corrected chi connectivity index (χ4v) is 2.47. The molecular weight excluding hydrogens is 262 g/mol. The highest BCUT2D eigenvalue weighted by molar-refractivity contribution is 5.97. The average Bonchev–Trinajstić information content (AvgIpc) is 2.96. The first-order valence-electron chi connectivity index (χ1n) is 7.35. The largest absolute Gasteiger partial charge is 0.360 e. The number of hydrogen-bond donors (Lipinski definition) is 2. The van der Waals surface area contributed by atoms with Crippen molar-refractivity contribution in [1.29, 1.82) is 5.26 Å². The van der Waals surface area contributed by atoms with Gasteiger partial charge in [0.1, 0.15) is 11.6 Å². The highest BCUT2D eigenvalue weighted by Crippen LogP contribution is 2.18. The van der Waals surface area contributed by atoms with Crippen LogP contribution in [0, 0.1) is 25.2 Å². The molecule has 0 spiro atoms. The van der Waals surface area contributed by atoms with Gasteiger partial charge in [0.05, 0.1) is 0 Å². The van der Waals surface area contributed by atoms with Crippen LogP contribution < -0.4 is 10.6 Å². The normalized spacial score (nSPS) is 15.6. The molecule has 2 N–H and O–H groups in total. The van der Waals surface area contributed by atoms with Crippen LogP contribution in [0.4, 0.5) is 5.69 Å². The molecule has 21 heavy (non-hydrogen) atoms. The van der Waals surface area contributed by atoms with Gasteiger partial charge < -0.3 is 10.6 Å². The van der Waals surface area contributed by atoms with Crippen LogP contribution in [-0.4, -0.2) is 11.9 Å². The summed E-state index contributed by atoms with van der Waals surface area (Å²) >= 11 is 0. The first-order chi connectivity index (χ1) is 10.1. The Kier molecular flexibility index (Phi) is 4.99. The van der Waals surface area contributed by atoms with Gasteiger partial charge in [-0.1, -0.05) is 18.9 Å². The second-order valence-corrected chi connectivity index (χ2v) is 5.57. The van der Waals surface area contributed by atoms with Gasteiger partial charge >= 0.3 is 0 Å². The van der Waals surface area contributed by atoms with E-state index in [0.717, 1.165) is 31.4 Å². The molecule has 0 heterocycles. The molecule has 1 fully saturated rings. The molecule has 1 aromatic rings. The molecule has 1 aromatic carbocycles. The summed E-state index contributed by atoms with van der Waals surface area (Å²) in [7, 11) is 0. The molecule has 0 saturated heterocycles. The zero-order valence-electron chi connectivity index (χ0n) is 12.6. The van der Waals surface area contributed by atoms with Crippen LogP contribution >= 0.6 is 0 Å². The van der Waals surface area contributed by atoms with Crippen molar-refractivity contribution in [1.82, 2.24) is 5.32 Å². The van der Waals surface area contributed by atoms with E-state index in [0.29, 0.717) is 0 Å². The van der Waals surface area contributed by atoms with E-state index in [-0.39, 0.29) is 17.5 Å². The summed E-state index contributed by atoms with van der Waals surface area (Å²) in [6.45, 7) is 4.08. The average molecular weight is 283 g/mol. The molecule has 0 aromatic heterocycles. The highest BCUT2D eigenvalue weighted by Gasteiger charge is 2.19. The van der Waals surface area contributed by atoms with Crippen LogP contribution in [0.25, 0.3) is 0 Å². The van der Waals surface area contributed by atoms with Crippen molar-refractivity contribution in [3.63, 3.8) is 0 Å². The number of carbonyl (C=O) groups excluding carboxylic acids is 1. The Hall–Kier alpha value is -2.28. The van der Waals surface area contributed by atoms with Gasteiger partial charge in [-0.05, 0) is 49.9 Å². The van der Waals surface area contributed by atoms with E-state index in [1.807, 2.05) is 38.1 Å². The van der Waals surface area contributed by atoms with E-state index in [1.54, 1.807) is 0 Å². The number of amides is 1. The zero-order valence-corrected chi connectivity index (χ0v) is 12.6. The number of nitriles is 1. The maximum absolute atomic E-state index is 12.0. The van der Waals surface area contributed by atoms with E-state index < -0.39 is 0 Å². The van der Waals surface area contributed by atoms with Gasteiger partial charge in [-0.15, -0.1) is 0 Å². The smallest absolute Gasteiger partial charge is 0.263 e. The molecule has 0 aliphatic heterocycles. The third-order valence-corrected chi connectivity index (χ3v) is 3.95. The molecule has 0 bridgehead atoms. The Bertz CT molecular complexity index is 593. The minimum absolute atomic E-state index is 0.111. The third kappa shape index (κ3) is 4.09. The van der Waals surface area contributed by atoms with Crippen molar-refractivity contribution in [2.45, 2.75) is 45.6 Å². The van der Waals surface area contributed by atoms with Gasteiger partial charge in [0, 0.05) is 17.9 Å². The first kappa shape index (κ1) is 15.1. The van der Waals surface area contributed by atoms with Gasteiger partial charge in [-0.2, -0.15) is 5.26 Å². The minimum atomic E-state index is -0.291. The Morgan fingerprint density at radius 3 is 2.62 bits per heavy atom. The molecule has 1 amide bonds. The number of aryl methyl sites for hydroxylation is 2. The lowest BCUT2D eigenvalue weighted by molar-refractivity contribution is -0.117. The monoisotopic (exact) mass is 283 g/mol. The number of nitrogens with zero attached hydrogens (tertiary/aromatic N) is 1. The molecule has 0 radical (unpaired) electrons. The van der Waals surface area contributed by atoms with Gasteiger partial charge in [0.2, 0.25) is 0 Å².